The van der Waals surface area contributed by atoms with Crippen LogP contribution < -0.4 is 15.4 Å². The summed E-state index contributed by atoms with van der Waals surface area (Å²) in [4.78, 5) is 20.7. The Morgan fingerprint density at radius 1 is 0.917 bits per heavy atom. The Balaban J connectivity index is 1.64. The van der Waals surface area contributed by atoms with Gasteiger partial charge in [0.15, 0.2) is 5.65 Å². The number of hydrogen-bond donors (Lipinski definition) is 1. The Morgan fingerprint density at radius 2 is 1.62 bits per heavy atom. The van der Waals surface area contributed by atoms with E-state index in [9.17, 15) is 10.0 Å². The summed E-state index contributed by atoms with van der Waals surface area (Å²) in [6.45, 7) is 3.39. The second-order valence-electron chi connectivity index (χ2n) is 5.86. The van der Waals surface area contributed by atoms with Crippen molar-refractivity contribution >= 4 is 22.4 Å². The third kappa shape index (κ3) is 2.46. The maximum absolute atomic E-state index is 12.0. The summed E-state index contributed by atoms with van der Waals surface area (Å²) < 4.78 is 0.610. The normalized spacial score (nSPS) is 15.0. The minimum atomic E-state index is -0.457. The summed E-state index contributed by atoms with van der Waals surface area (Å²) in [5.41, 5.74) is 1.89. The minimum Gasteiger partial charge on any atom is -0.423 e. The van der Waals surface area contributed by atoms with E-state index in [1.807, 2.05) is 30.3 Å². The predicted octanol–water partition coefficient (Wildman–Crippen LogP) is 1.96. The predicted molar refractivity (Wildman–Crippen MR) is 94.1 cm³/mol. The molecule has 0 amide bonds. The Morgan fingerprint density at radius 3 is 2.38 bits per heavy atom. The second-order valence-corrected chi connectivity index (χ2v) is 5.86. The van der Waals surface area contributed by atoms with Crippen LogP contribution in [0, 0.1) is 0 Å². The number of piperazine rings is 1. The van der Waals surface area contributed by atoms with Crippen LogP contribution >= 0.6 is 0 Å². The van der Waals surface area contributed by atoms with Crippen molar-refractivity contribution in [3.05, 3.63) is 65.1 Å². The molecule has 1 fully saturated rings. The number of benzene rings is 1. The molecule has 1 aromatic carbocycles. The number of nitrogens with zero attached hydrogens (tertiary/aromatic N) is 4. The Labute approximate surface area is 139 Å². The van der Waals surface area contributed by atoms with Crippen molar-refractivity contribution < 1.29 is 5.21 Å². The van der Waals surface area contributed by atoms with Crippen LogP contribution in [0.2, 0.25) is 0 Å². The summed E-state index contributed by atoms with van der Waals surface area (Å²) >= 11 is 0. The third-order valence-electron chi connectivity index (χ3n) is 4.47. The van der Waals surface area contributed by atoms with Gasteiger partial charge in [0.2, 0.25) is 0 Å². The van der Waals surface area contributed by atoms with Crippen LogP contribution in [-0.4, -0.2) is 41.1 Å². The number of fused-ring (bicyclic) bond motifs is 1. The molecule has 6 heteroatoms. The zero-order valence-electron chi connectivity index (χ0n) is 13.2. The van der Waals surface area contributed by atoms with Gasteiger partial charge in [-0.15, -0.1) is 4.73 Å². The molecule has 1 N–H and O–H groups in total. The van der Waals surface area contributed by atoms with E-state index in [0.717, 1.165) is 37.3 Å². The van der Waals surface area contributed by atoms with E-state index in [1.165, 1.54) is 11.8 Å². The average molecular weight is 322 g/mol. The SMILES string of the molecule is O=c1cc(N2CCN(c3ccccc3)CC2)c2cccnc2n1O. The molecule has 0 bridgehead atoms. The highest BCUT2D eigenvalue weighted by atomic mass is 16.5. The quantitative estimate of drug-likeness (QED) is 0.731. The smallest absolute Gasteiger partial charge is 0.286 e. The largest absolute Gasteiger partial charge is 0.423 e. The van der Waals surface area contributed by atoms with E-state index in [-0.39, 0.29) is 0 Å². The van der Waals surface area contributed by atoms with Gasteiger partial charge in [-0.1, -0.05) is 18.2 Å². The number of para-hydroxylation sites is 1. The lowest BCUT2D eigenvalue weighted by Gasteiger charge is -2.37. The van der Waals surface area contributed by atoms with Gasteiger partial charge in [-0.3, -0.25) is 4.79 Å². The van der Waals surface area contributed by atoms with Crippen molar-refractivity contribution in [1.29, 1.82) is 0 Å². The van der Waals surface area contributed by atoms with Crippen LogP contribution in [0.4, 0.5) is 11.4 Å². The fraction of sp³-hybridized carbons (Fsp3) is 0.222. The lowest BCUT2D eigenvalue weighted by atomic mass is 10.2. The molecule has 0 aliphatic carbocycles. The van der Waals surface area contributed by atoms with Gasteiger partial charge in [0.1, 0.15) is 0 Å². The molecule has 122 valence electrons. The molecule has 6 nitrogen and oxygen atoms in total. The number of aromatic nitrogens is 2. The second kappa shape index (κ2) is 5.88. The molecule has 3 aromatic rings. The van der Waals surface area contributed by atoms with Crippen LogP contribution in [-0.2, 0) is 0 Å². The van der Waals surface area contributed by atoms with Crippen molar-refractivity contribution in [1.82, 2.24) is 9.71 Å². The van der Waals surface area contributed by atoms with E-state index in [2.05, 4.69) is 26.9 Å². The van der Waals surface area contributed by atoms with Crippen LogP contribution in [0.1, 0.15) is 0 Å². The first kappa shape index (κ1) is 14.6. The molecule has 0 saturated carbocycles. The molecule has 1 aliphatic heterocycles. The maximum atomic E-state index is 12.0. The Hall–Kier alpha value is -3.02. The Bertz CT molecular complexity index is 915. The summed E-state index contributed by atoms with van der Waals surface area (Å²) in [5.74, 6) is 0. The fourth-order valence-electron chi connectivity index (χ4n) is 3.23. The molecule has 0 unspecified atom stereocenters. The first-order valence-electron chi connectivity index (χ1n) is 7.99. The van der Waals surface area contributed by atoms with Gasteiger partial charge in [-0.2, -0.15) is 0 Å². The molecular formula is C18H18N4O2. The van der Waals surface area contributed by atoms with E-state index in [4.69, 9.17) is 0 Å². The van der Waals surface area contributed by atoms with Crippen molar-refractivity contribution in [2.24, 2.45) is 0 Å². The number of pyridine rings is 2. The zero-order chi connectivity index (χ0) is 16.5. The fourth-order valence-corrected chi connectivity index (χ4v) is 3.23. The number of anilines is 2. The molecule has 0 radical (unpaired) electrons. The van der Waals surface area contributed by atoms with Gasteiger partial charge >= 0.3 is 0 Å². The number of rotatable bonds is 2. The topological polar surface area (TPSA) is 61.6 Å². The van der Waals surface area contributed by atoms with Gasteiger partial charge in [-0.25, -0.2) is 4.98 Å². The first-order chi connectivity index (χ1) is 11.7. The van der Waals surface area contributed by atoms with E-state index in [0.29, 0.717) is 10.4 Å². The van der Waals surface area contributed by atoms with Crippen molar-refractivity contribution in [2.75, 3.05) is 36.0 Å². The molecule has 0 spiro atoms. The molecule has 2 aromatic heterocycles. The number of hydrogen-bond acceptors (Lipinski definition) is 5. The monoisotopic (exact) mass is 322 g/mol. The lowest BCUT2D eigenvalue weighted by molar-refractivity contribution is 0.186. The highest BCUT2D eigenvalue weighted by Crippen LogP contribution is 2.25. The molecule has 1 saturated heterocycles. The van der Waals surface area contributed by atoms with E-state index >= 15 is 0 Å². The minimum absolute atomic E-state index is 0.297. The van der Waals surface area contributed by atoms with Gasteiger partial charge in [-0.05, 0) is 24.3 Å². The van der Waals surface area contributed by atoms with Gasteiger partial charge < -0.3 is 15.0 Å². The first-order valence-corrected chi connectivity index (χ1v) is 7.99. The molecule has 0 atom stereocenters. The van der Waals surface area contributed by atoms with E-state index in [1.54, 1.807) is 6.20 Å². The summed E-state index contributed by atoms with van der Waals surface area (Å²) in [6.07, 6.45) is 1.58. The van der Waals surface area contributed by atoms with Crippen molar-refractivity contribution in [3.63, 3.8) is 0 Å². The molecule has 1 aliphatic rings. The summed E-state index contributed by atoms with van der Waals surface area (Å²) in [5, 5.41) is 10.7. The summed E-state index contributed by atoms with van der Waals surface area (Å²) in [7, 11) is 0. The maximum Gasteiger partial charge on any atom is 0.286 e. The Kier molecular flexibility index (Phi) is 3.57. The standard InChI is InChI=1S/C18H18N4O2/c23-17-13-16(15-7-4-8-19-18(15)22(17)24)21-11-9-20(10-12-21)14-5-2-1-3-6-14/h1-8,13,24H,9-12H2. The third-order valence-corrected chi connectivity index (χ3v) is 4.47. The molecule has 4 rings (SSSR count). The van der Waals surface area contributed by atoms with Crippen LogP contribution in [0.5, 0.6) is 0 Å². The van der Waals surface area contributed by atoms with Crippen LogP contribution in [0.3, 0.4) is 0 Å². The van der Waals surface area contributed by atoms with Crippen molar-refractivity contribution in [2.45, 2.75) is 0 Å². The average Bonchev–Trinajstić information content (AvgIpc) is 2.66. The van der Waals surface area contributed by atoms with Gasteiger partial charge in [0, 0.05) is 49.5 Å². The summed E-state index contributed by atoms with van der Waals surface area (Å²) in [6, 6.07) is 15.5. The molecular weight excluding hydrogens is 304 g/mol. The van der Waals surface area contributed by atoms with Gasteiger partial charge in [0.05, 0.1) is 5.69 Å². The van der Waals surface area contributed by atoms with Gasteiger partial charge in [0.25, 0.3) is 5.56 Å². The van der Waals surface area contributed by atoms with E-state index < -0.39 is 5.56 Å². The highest BCUT2D eigenvalue weighted by molar-refractivity contribution is 5.89. The highest BCUT2D eigenvalue weighted by Gasteiger charge is 2.20. The molecule has 3 heterocycles. The molecule has 24 heavy (non-hydrogen) atoms. The van der Waals surface area contributed by atoms with Crippen molar-refractivity contribution in [3.8, 4) is 0 Å². The zero-order valence-corrected chi connectivity index (χ0v) is 13.2. The lowest BCUT2D eigenvalue weighted by Crippen LogP contribution is -2.47. The van der Waals surface area contributed by atoms with Crippen LogP contribution in [0.25, 0.3) is 11.0 Å². The van der Waals surface area contributed by atoms with Crippen LogP contribution in [0.15, 0.2) is 59.5 Å².